The van der Waals surface area contributed by atoms with Gasteiger partial charge in [0.1, 0.15) is 32.1 Å². The molecule has 0 radical (unpaired) electrons. The lowest BCUT2D eigenvalue weighted by Crippen LogP contribution is -2.49. The number of hydrogen-bond acceptors (Lipinski definition) is 4. The summed E-state index contributed by atoms with van der Waals surface area (Å²) in [5, 5.41) is 5.37. The molecule has 11 rings (SSSR count). The number of anilines is 4. The number of para-hydroxylation sites is 3. The van der Waals surface area contributed by atoms with Gasteiger partial charge in [0.25, 0.3) is 0 Å². The molecule has 0 fully saturated rings. The molecule has 0 saturated heterocycles. The monoisotopic (exact) mass is 808 g/mol. The molecule has 0 aliphatic carbocycles. The fraction of sp³-hybridized carbons (Fsp3) is 0.145. The first-order valence-corrected chi connectivity index (χ1v) is 24.3. The Kier molecular flexibility index (Phi) is 8.42. The van der Waals surface area contributed by atoms with Crippen LogP contribution in [0, 0.1) is 6.92 Å². The van der Waals surface area contributed by atoms with Gasteiger partial charge in [-0.15, -0.1) is 0 Å². The summed E-state index contributed by atoms with van der Waals surface area (Å²) in [6.45, 7) is 14.6. The van der Waals surface area contributed by atoms with Gasteiger partial charge in [0.05, 0.1) is 28.1 Å². The van der Waals surface area contributed by atoms with E-state index in [9.17, 15) is 0 Å². The lowest BCUT2D eigenvalue weighted by molar-refractivity contribution is 0.483. The molecule has 0 N–H and O–H groups in total. The van der Waals surface area contributed by atoms with Gasteiger partial charge in [-0.3, -0.25) is 4.57 Å². The van der Waals surface area contributed by atoms with Crippen molar-refractivity contribution in [3.63, 3.8) is 0 Å². The normalized spacial score (nSPS) is 14.1. The molecule has 61 heavy (non-hydrogen) atoms. The highest BCUT2D eigenvalue weighted by Gasteiger charge is 2.42. The lowest BCUT2D eigenvalue weighted by Gasteiger charge is -2.28. The molecule has 0 unspecified atom stereocenters. The summed E-state index contributed by atoms with van der Waals surface area (Å²) in [6.07, 6.45) is 1.93. The molecule has 2 aliphatic heterocycles. The van der Waals surface area contributed by atoms with E-state index in [1.165, 1.54) is 71.6 Å². The third kappa shape index (κ3) is 5.92. The highest BCUT2D eigenvalue weighted by Crippen LogP contribution is 2.51. The second-order valence-corrected chi connectivity index (χ2v) is 22.5. The molecule has 6 heteroatoms. The molecule has 298 valence electrons. The predicted molar refractivity (Wildman–Crippen MR) is 258 cm³/mol. The number of hydrogen-bond donors (Lipinski definition) is 0. The van der Waals surface area contributed by atoms with Gasteiger partial charge in [0.15, 0.2) is 0 Å². The summed E-state index contributed by atoms with van der Waals surface area (Å²) in [5.41, 5.74) is 14.7. The van der Waals surface area contributed by atoms with E-state index in [2.05, 4.69) is 219 Å². The minimum Gasteiger partial charge on any atom is -0.457 e. The Balaban J connectivity index is 1.00. The van der Waals surface area contributed by atoms with Crippen LogP contribution in [0.15, 0.2) is 170 Å². The third-order valence-corrected chi connectivity index (χ3v) is 16.6. The summed E-state index contributed by atoms with van der Waals surface area (Å²) in [6, 6.07) is 59.5. The Morgan fingerprint density at radius 3 is 2.10 bits per heavy atom. The molecule has 2 aromatic heterocycles. The van der Waals surface area contributed by atoms with Crippen molar-refractivity contribution in [1.29, 1.82) is 0 Å². The number of aryl methyl sites for hydroxylation is 1. The van der Waals surface area contributed by atoms with E-state index in [0.29, 0.717) is 6.67 Å². The first-order chi connectivity index (χ1) is 29.6. The number of aromatic nitrogens is 2. The van der Waals surface area contributed by atoms with Crippen molar-refractivity contribution in [2.45, 2.75) is 46.2 Å². The Hall–Kier alpha value is -6.89. The molecule has 7 aromatic carbocycles. The first kappa shape index (κ1) is 37.1. The van der Waals surface area contributed by atoms with Gasteiger partial charge in [-0.2, -0.15) is 0 Å². The Labute approximate surface area is 359 Å². The van der Waals surface area contributed by atoms with Crippen LogP contribution in [0.25, 0.3) is 49.9 Å². The summed E-state index contributed by atoms with van der Waals surface area (Å²) in [4.78, 5) is 9.88. The molecule has 4 heterocycles. The topological polar surface area (TPSA) is 33.5 Å². The maximum absolute atomic E-state index is 6.79. The van der Waals surface area contributed by atoms with Crippen LogP contribution in [0.2, 0.25) is 13.1 Å². The van der Waals surface area contributed by atoms with Gasteiger partial charge < -0.3 is 14.5 Å². The zero-order valence-corrected chi connectivity index (χ0v) is 36.6. The maximum Gasteiger partial charge on any atom is 0.137 e. The van der Waals surface area contributed by atoms with Gasteiger partial charge in [-0.1, -0.05) is 131 Å². The van der Waals surface area contributed by atoms with E-state index in [0.717, 1.165) is 34.0 Å². The van der Waals surface area contributed by atoms with E-state index in [1.807, 2.05) is 6.20 Å². The van der Waals surface area contributed by atoms with Crippen molar-refractivity contribution >= 4 is 63.0 Å². The molecule has 0 atom stereocenters. The molecule has 0 saturated carbocycles. The molecule has 0 bridgehead atoms. The average Bonchev–Trinajstić information content (AvgIpc) is 3.89. The van der Waals surface area contributed by atoms with Crippen LogP contribution in [0.1, 0.15) is 31.9 Å². The molecule has 5 nitrogen and oxygen atoms in total. The summed E-state index contributed by atoms with van der Waals surface area (Å²) < 4.78 is 9.06. The van der Waals surface area contributed by atoms with Gasteiger partial charge in [-0.25, -0.2) is 4.98 Å². The van der Waals surface area contributed by atoms with Crippen LogP contribution < -0.4 is 24.9 Å². The van der Waals surface area contributed by atoms with Crippen LogP contribution in [0.4, 0.5) is 22.7 Å². The highest BCUT2D eigenvalue weighted by atomic mass is 28.3. The third-order valence-electron chi connectivity index (χ3n) is 13.0. The van der Waals surface area contributed by atoms with Gasteiger partial charge >= 0.3 is 0 Å². The number of benzene rings is 7. The standard InChI is InChI=1S/C55H48N4OSi/c1-36-16-7-8-19-41(36)44-28-29-51-53(45-21-10-14-25-50(45)61(51,5)6)54(44)58-35-57(47-23-12-13-24-48(47)58)38-17-15-18-39(33-38)60-40-26-27-43-42-20-9-11-22-46(42)59(49(43)34-40)52-32-37(30-31-56-52)55(2,3)4/h7-34H,35H2,1-6H3. The Morgan fingerprint density at radius 1 is 0.574 bits per heavy atom. The van der Waals surface area contributed by atoms with Gasteiger partial charge in [0, 0.05) is 45.9 Å². The van der Waals surface area contributed by atoms with Crippen LogP contribution in [0.5, 0.6) is 11.5 Å². The lowest BCUT2D eigenvalue weighted by atomic mass is 9.88. The highest BCUT2D eigenvalue weighted by molar-refractivity contribution is 7.04. The van der Waals surface area contributed by atoms with Gasteiger partial charge in [-0.05, 0) is 99.6 Å². The summed E-state index contributed by atoms with van der Waals surface area (Å²) >= 11 is 0. The molecular weight excluding hydrogens is 761 g/mol. The predicted octanol–water partition coefficient (Wildman–Crippen LogP) is 13.3. The van der Waals surface area contributed by atoms with Crippen LogP contribution in [-0.4, -0.2) is 24.3 Å². The van der Waals surface area contributed by atoms with Crippen molar-refractivity contribution in [3.05, 3.63) is 181 Å². The van der Waals surface area contributed by atoms with Crippen LogP contribution >= 0.6 is 0 Å². The minimum atomic E-state index is -1.94. The number of rotatable bonds is 6. The fourth-order valence-corrected chi connectivity index (χ4v) is 13.0. The van der Waals surface area contributed by atoms with E-state index >= 15 is 0 Å². The second-order valence-electron chi connectivity index (χ2n) is 18.1. The molecule has 0 amide bonds. The van der Waals surface area contributed by atoms with Crippen molar-refractivity contribution in [3.8, 4) is 39.6 Å². The van der Waals surface area contributed by atoms with Crippen molar-refractivity contribution in [2.75, 3.05) is 16.5 Å². The summed E-state index contributed by atoms with van der Waals surface area (Å²) in [7, 11) is -1.94. The maximum atomic E-state index is 6.79. The smallest absolute Gasteiger partial charge is 0.137 e. The number of pyridine rings is 1. The Morgan fingerprint density at radius 2 is 1.28 bits per heavy atom. The van der Waals surface area contributed by atoms with Crippen LogP contribution in [-0.2, 0) is 5.41 Å². The summed E-state index contributed by atoms with van der Waals surface area (Å²) in [5.74, 6) is 2.46. The Bertz CT molecular complexity index is 3210. The quantitative estimate of drug-likeness (QED) is 0.157. The van der Waals surface area contributed by atoms with Gasteiger partial charge in [0.2, 0.25) is 0 Å². The molecule has 2 aliphatic rings. The van der Waals surface area contributed by atoms with Crippen LogP contribution in [0.3, 0.4) is 0 Å². The SMILES string of the molecule is Cc1ccccc1-c1ccc2c(c1N1CN(c3cccc(Oc4ccc5c6ccccc6n(-c6cc(C(C)(C)C)ccn6)c5c4)c3)c3ccccc31)-c1ccccc1[Si]2(C)C. The minimum absolute atomic E-state index is 0.00311. The number of nitrogens with zero attached hydrogens (tertiary/aromatic N) is 4. The van der Waals surface area contributed by atoms with E-state index in [4.69, 9.17) is 9.72 Å². The zero-order valence-electron chi connectivity index (χ0n) is 35.6. The largest absolute Gasteiger partial charge is 0.457 e. The molecule has 0 spiro atoms. The zero-order chi connectivity index (χ0) is 41.6. The number of fused-ring (bicyclic) bond motifs is 7. The van der Waals surface area contributed by atoms with E-state index < -0.39 is 8.07 Å². The van der Waals surface area contributed by atoms with E-state index in [-0.39, 0.29) is 5.41 Å². The fourth-order valence-electron chi connectivity index (χ4n) is 9.89. The average molecular weight is 809 g/mol. The van der Waals surface area contributed by atoms with Crippen molar-refractivity contribution < 1.29 is 4.74 Å². The number of ether oxygens (including phenoxy) is 1. The first-order valence-electron chi connectivity index (χ1n) is 21.3. The second kappa shape index (κ2) is 13.8. The van der Waals surface area contributed by atoms with Crippen molar-refractivity contribution in [1.82, 2.24) is 9.55 Å². The molecular formula is C55H48N4OSi. The molecule has 9 aromatic rings. The van der Waals surface area contributed by atoms with E-state index in [1.54, 1.807) is 0 Å². The van der Waals surface area contributed by atoms with Crippen molar-refractivity contribution in [2.24, 2.45) is 0 Å².